The quantitative estimate of drug-likeness (QED) is 0.695. The van der Waals surface area contributed by atoms with Crippen LogP contribution in [0.1, 0.15) is 11.6 Å². The molecule has 1 atom stereocenters. The van der Waals surface area contributed by atoms with E-state index in [0.29, 0.717) is 22.2 Å². The number of carbonyl (C=O) groups excluding carboxylic acids is 1. The molecule has 136 valence electrons. The van der Waals surface area contributed by atoms with Crippen LogP contribution in [0.5, 0.6) is 0 Å². The molecule has 0 spiro atoms. The van der Waals surface area contributed by atoms with Gasteiger partial charge in [-0.05, 0) is 35.9 Å². The molecule has 8 heteroatoms. The molecule has 0 fully saturated rings. The number of rotatable bonds is 5. The van der Waals surface area contributed by atoms with Crippen LogP contribution in [-0.4, -0.2) is 32.3 Å². The lowest BCUT2D eigenvalue weighted by Gasteiger charge is -2.18. The highest BCUT2D eigenvalue weighted by Crippen LogP contribution is 2.30. The van der Waals surface area contributed by atoms with Gasteiger partial charge in [0.25, 0.3) is 0 Å². The molecule has 3 aromatic rings. The molecule has 26 heavy (non-hydrogen) atoms. The molecule has 1 aromatic heterocycles. The number of esters is 1. The van der Waals surface area contributed by atoms with E-state index in [1.807, 2.05) is 0 Å². The van der Waals surface area contributed by atoms with Crippen molar-refractivity contribution in [3.63, 3.8) is 0 Å². The van der Waals surface area contributed by atoms with Crippen LogP contribution in [0.15, 0.2) is 54.7 Å². The number of ether oxygens (including phenoxy) is 1. The average molecular weight is 376 g/mol. The van der Waals surface area contributed by atoms with Crippen molar-refractivity contribution in [2.45, 2.75) is 6.04 Å². The van der Waals surface area contributed by atoms with Gasteiger partial charge in [-0.1, -0.05) is 18.2 Å². The average Bonchev–Trinajstić information content (AvgIpc) is 3.00. The first-order valence-corrected chi connectivity index (χ1v) is 9.60. The fourth-order valence-electron chi connectivity index (χ4n) is 2.87. The highest BCUT2D eigenvalue weighted by atomic mass is 32.2. The minimum absolute atomic E-state index is 0.408. The number of sulfonamides is 1. The number of hydrogen-bond donors (Lipinski definition) is 1. The molecule has 0 saturated heterocycles. The smallest absolute Gasteiger partial charge is 0.333 e. The third-order valence-corrected chi connectivity index (χ3v) is 4.54. The Morgan fingerprint density at radius 2 is 1.85 bits per heavy atom. The Balaban J connectivity index is 2.16. The lowest BCUT2D eigenvalue weighted by Crippen LogP contribution is -2.21. The van der Waals surface area contributed by atoms with Crippen LogP contribution in [0.3, 0.4) is 0 Å². The molecule has 0 aliphatic heterocycles. The zero-order chi connectivity index (χ0) is 18.9. The van der Waals surface area contributed by atoms with Gasteiger partial charge in [-0.2, -0.15) is 0 Å². The first kappa shape index (κ1) is 17.9. The molecule has 3 rings (SSSR count). The van der Waals surface area contributed by atoms with Crippen molar-refractivity contribution >= 4 is 32.6 Å². The van der Waals surface area contributed by atoms with E-state index in [0.717, 1.165) is 6.26 Å². The molecule has 1 N–H and O–H groups in total. The summed E-state index contributed by atoms with van der Waals surface area (Å²) in [4.78, 5) is 12.4. The second-order valence-electron chi connectivity index (χ2n) is 5.81. The molecule has 6 nitrogen and oxygen atoms in total. The topological polar surface area (TPSA) is 77.4 Å². The first-order chi connectivity index (χ1) is 12.3. The Labute approximate surface area is 150 Å². The molecule has 0 aliphatic rings. The summed E-state index contributed by atoms with van der Waals surface area (Å²) in [6.45, 7) is 0. The van der Waals surface area contributed by atoms with E-state index in [2.05, 4.69) is 4.72 Å². The van der Waals surface area contributed by atoms with Gasteiger partial charge in [0.05, 0.1) is 24.6 Å². The number of nitrogens with zero attached hydrogens (tertiary/aromatic N) is 1. The lowest BCUT2D eigenvalue weighted by molar-refractivity contribution is -0.143. The van der Waals surface area contributed by atoms with Gasteiger partial charge in [0.1, 0.15) is 5.82 Å². The van der Waals surface area contributed by atoms with E-state index in [4.69, 9.17) is 4.74 Å². The van der Waals surface area contributed by atoms with Crippen LogP contribution in [0.4, 0.5) is 10.1 Å². The van der Waals surface area contributed by atoms with Gasteiger partial charge in [-0.15, -0.1) is 0 Å². The summed E-state index contributed by atoms with van der Waals surface area (Å²) < 4.78 is 45.4. The Bertz CT molecular complexity index is 1060. The molecule has 0 saturated carbocycles. The highest BCUT2D eigenvalue weighted by molar-refractivity contribution is 7.92. The summed E-state index contributed by atoms with van der Waals surface area (Å²) in [6.07, 6.45) is 2.74. The number of anilines is 1. The standard InChI is InChI=1S/C18H17FN2O4S/c1-25-18(22)17(12-6-8-13(19)9-7-12)21-11-10-14-15(20-26(2,23)24)4-3-5-16(14)21/h3-11,17,20H,1-2H3. The van der Waals surface area contributed by atoms with Gasteiger partial charge in [0, 0.05) is 11.6 Å². The molecule has 0 aliphatic carbocycles. The Morgan fingerprint density at radius 1 is 1.15 bits per heavy atom. The fraction of sp³-hybridized carbons (Fsp3) is 0.167. The predicted molar refractivity (Wildman–Crippen MR) is 97.0 cm³/mol. The second kappa shape index (κ2) is 6.80. The van der Waals surface area contributed by atoms with E-state index in [1.54, 1.807) is 35.0 Å². The van der Waals surface area contributed by atoms with Crippen molar-refractivity contribution < 1.29 is 22.3 Å². The lowest BCUT2D eigenvalue weighted by atomic mass is 10.1. The predicted octanol–water partition coefficient (Wildman–Crippen LogP) is 2.91. The van der Waals surface area contributed by atoms with Gasteiger partial charge < -0.3 is 9.30 Å². The molecule has 1 heterocycles. The highest BCUT2D eigenvalue weighted by Gasteiger charge is 2.25. The second-order valence-corrected chi connectivity index (χ2v) is 7.56. The van der Waals surface area contributed by atoms with Crippen LogP contribution in [0.25, 0.3) is 10.9 Å². The van der Waals surface area contributed by atoms with E-state index >= 15 is 0 Å². The molecule has 1 unspecified atom stereocenters. The SMILES string of the molecule is COC(=O)C(c1ccc(F)cc1)n1ccc2c(NS(C)(=O)=O)cccc21. The molecule has 0 radical (unpaired) electrons. The molecular weight excluding hydrogens is 359 g/mol. The third-order valence-electron chi connectivity index (χ3n) is 3.95. The fourth-order valence-corrected chi connectivity index (χ4v) is 3.45. The minimum atomic E-state index is -3.45. The van der Waals surface area contributed by atoms with E-state index in [1.165, 1.54) is 31.4 Å². The number of benzene rings is 2. The maximum Gasteiger partial charge on any atom is 0.333 e. The normalized spacial score (nSPS) is 12.7. The number of methoxy groups -OCH3 is 1. The minimum Gasteiger partial charge on any atom is -0.467 e. The van der Waals surface area contributed by atoms with Crippen LogP contribution >= 0.6 is 0 Å². The number of aromatic nitrogens is 1. The summed E-state index contributed by atoms with van der Waals surface area (Å²) in [7, 11) is -2.17. The zero-order valence-electron chi connectivity index (χ0n) is 14.1. The first-order valence-electron chi connectivity index (χ1n) is 7.71. The molecular formula is C18H17FN2O4S. The van der Waals surface area contributed by atoms with Crippen molar-refractivity contribution in [3.8, 4) is 0 Å². The van der Waals surface area contributed by atoms with Gasteiger partial charge in [-0.25, -0.2) is 17.6 Å². The molecule has 2 aromatic carbocycles. The van der Waals surface area contributed by atoms with E-state index in [-0.39, 0.29) is 0 Å². The summed E-state index contributed by atoms with van der Waals surface area (Å²) >= 11 is 0. The van der Waals surface area contributed by atoms with E-state index < -0.39 is 27.9 Å². The Kier molecular flexibility index (Phi) is 4.69. The Morgan fingerprint density at radius 3 is 2.46 bits per heavy atom. The number of carbonyl (C=O) groups is 1. The number of hydrogen-bond acceptors (Lipinski definition) is 4. The maximum atomic E-state index is 13.3. The molecule has 0 bridgehead atoms. The van der Waals surface area contributed by atoms with Gasteiger partial charge in [-0.3, -0.25) is 4.72 Å². The van der Waals surface area contributed by atoms with Crippen molar-refractivity contribution in [1.82, 2.24) is 4.57 Å². The summed E-state index contributed by atoms with van der Waals surface area (Å²) in [5.41, 5.74) is 1.60. The number of fused-ring (bicyclic) bond motifs is 1. The largest absolute Gasteiger partial charge is 0.467 e. The number of nitrogens with one attached hydrogen (secondary N) is 1. The summed E-state index contributed by atoms with van der Waals surface area (Å²) in [6, 6.07) is 11.5. The Hall–Kier alpha value is -2.87. The van der Waals surface area contributed by atoms with Crippen LogP contribution < -0.4 is 4.72 Å². The number of halogens is 1. The zero-order valence-corrected chi connectivity index (χ0v) is 15.0. The van der Waals surface area contributed by atoms with Gasteiger partial charge >= 0.3 is 5.97 Å². The van der Waals surface area contributed by atoms with Crippen molar-refractivity contribution in [2.75, 3.05) is 18.1 Å². The van der Waals surface area contributed by atoms with Crippen molar-refractivity contribution in [3.05, 3.63) is 66.1 Å². The summed E-state index contributed by atoms with van der Waals surface area (Å²) in [5.74, 6) is -0.926. The van der Waals surface area contributed by atoms with Crippen molar-refractivity contribution in [1.29, 1.82) is 0 Å². The van der Waals surface area contributed by atoms with Crippen LogP contribution in [0.2, 0.25) is 0 Å². The van der Waals surface area contributed by atoms with Crippen molar-refractivity contribution in [2.24, 2.45) is 0 Å². The van der Waals surface area contributed by atoms with E-state index in [9.17, 15) is 17.6 Å². The van der Waals surface area contributed by atoms with Crippen LogP contribution in [-0.2, 0) is 19.6 Å². The molecule has 0 amide bonds. The maximum absolute atomic E-state index is 13.3. The monoisotopic (exact) mass is 376 g/mol. The third kappa shape index (κ3) is 3.55. The van der Waals surface area contributed by atoms with Gasteiger partial charge in [0.2, 0.25) is 10.0 Å². The summed E-state index contributed by atoms with van der Waals surface area (Å²) in [5, 5.41) is 0.633. The van der Waals surface area contributed by atoms with Gasteiger partial charge in [0.15, 0.2) is 6.04 Å². The van der Waals surface area contributed by atoms with Crippen LogP contribution in [0, 0.1) is 5.82 Å².